The maximum absolute atomic E-state index is 13.3. The van der Waals surface area contributed by atoms with E-state index in [1.165, 1.54) is 33.5 Å². The third kappa shape index (κ3) is 3.91. The Labute approximate surface area is 201 Å². The summed E-state index contributed by atoms with van der Waals surface area (Å²) in [5.41, 5.74) is 8.95. The number of hydrogen-bond acceptors (Lipinski definition) is 9. The minimum absolute atomic E-state index is 0.0713. The molecule has 1 heterocycles. The second-order valence-electron chi connectivity index (χ2n) is 8.05. The number of nitro groups is 1. The number of benzene rings is 2. The predicted octanol–water partition coefficient (Wildman–Crippen LogP) is 3.93. The first-order valence-corrected chi connectivity index (χ1v) is 10.9. The lowest BCUT2D eigenvalue weighted by Gasteiger charge is -2.39. The molecule has 1 atom stereocenters. The number of nitriles is 1. The third-order valence-corrected chi connectivity index (χ3v) is 6.25. The Morgan fingerprint density at radius 3 is 2.23 bits per heavy atom. The van der Waals surface area contributed by atoms with E-state index in [4.69, 9.17) is 19.9 Å². The maximum Gasteiger partial charge on any atom is 0.269 e. The van der Waals surface area contributed by atoms with Crippen molar-refractivity contribution in [1.82, 2.24) is 0 Å². The van der Waals surface area contributed by atoms with Crippen molar-refractivity contribution in [3.8, 4) is 23.3 Å². The van der Waals surface area contributed by atoms with E-state index >= 15 is 0 Å². The van der Waals surface area contributed by atoms with Crippen LogP contribution in [-0.2, 0) is 4.79 Å². The van der Waals surface area contributed by atoms with E-state index in [9.17, 15) is 20.2 Å². The van der Waals surface area contributed by atoms with Gasteiger partial charge in [0.05, 0.1) is 43.8 Å². The quantitative estimate of drug-likeness (QED) is 0.485. The number of methoxy groups -OCH3 is 3. The van der Waals surface area contributed by atoms with Crippen molar-refractivity contribution >= 4 is 17.2 Å². The van der Waals surface area contributed by atoms with Crippen molar-refractivity contribution < 1.29 is 23.9 Å². The number of non-ortho nitro benzene ring substituents is 1. The molecule has 0 radical (unpaired) electrons. The molecule has 1 aliphatic heterocycles. The minimum atomic E-state index is -0.731. The Bertz CT molecular complexity index is 1280. The fraction of sp³-hybridized carbons (Fsp3) is 0.280. The number of ether oxygens (including phenoxy) is 3. The van der Waals surface area contributed by atoms with Crippen molar-refractivity contribution in [2.75, 3.05) is 26.2 Å². The molecule has 0 saturated heterocycles. The Balaban J connectivity index is 1.95. The van der Waals surface area contributed by atoms with Gasteiger partial charge >= 0.3 is 0 Å². The van der Waals surface area contributed by atoms with Gasteiger partial charge in [-0.3, -0.25) is 19.8 Å². The van der Waals surface area contributed by atoms with Gasteiger partial charge < -0.3 is 19.9 Å². The zero-order chi connectivity index (χ0) is 25.3. The first-order chi connectivity index (χ1) is 16.9. The van der Waals surface area contributed by atoms with Gasteiger partial charge in [-0.1, -0.05) is 0 Å². The summed E-state index contributed by atoms with van der Waals surface area (Å²) in [6.45, 7) is 0. The normalized spacial score (nSPS) is 17.6. The zero-order valence-electron chi connectivity index (χ0n) is 19.5. The van der Waals surface area contributed by atoms with Gasteiger partial charge in [-0.2, -0.15) is 5.26 Å². The van der Waals surface area contributed by atoms with Gasteiger partial charge in [-0.05, 0) is 42.7 Å². The lowest BCUT2D eigenvalue weighted by atomic mass is 9.75. The fourth-order valence-corrected chi connectivity index (χ4v) is 4.71. The van der Waals surface area contributed by atoms with Gasteiger partial charge in [0, 0.05) is 35.5 Å². The van der Waals surface area contributed by atoms with Crippen LogP contribution >= 0.6 is 0 Å². The number of rotatable bonds is 6. The lowest BCUT2D eigenvalue weighted by molar-refractivity contribution is -0.384. The first kappa shape index (κ1) is 23.6. The third-order valence-electron chi connectivity index (χ3n) is 6.25. The number of anilines is 1. The average Bonchev–Trinajstić information content (AvgIpc) is 2.87. The summed E-state index contributed by atoms with van der Waals surface area (Å²) in [6, 6.07) is 11.5. The molecule has 1 aliphatic carbocycles. The molecule has 0 bridgehead atoms. The minimum Gasteiger partial charge on any atom is -0.493 e. The van der Waals surface area contributed by atoms with Crippen molar-refractivity contribution in [1.29, 1.82) is 5.26 Å². The fourth-order valence-electron chi connectivity index (χ4n) is 4.71. The molecule has 10 nitrogen and oxygen atoms in total. The van der Waals surface area contributed by atoms with E-state index in [0.717, 1.165) is 0 Å². The Morgan fingerprint density at radius 2 is 1.71 bits per heavy atom. The Hall–Kier alpha value is -4.52. The molecular weight excluding hydrogens is 452 g/mol. The molecule has 0 amide bonds. The van der Waals surface area contributed by atoms with Gasteiger partial charge in [-0.15, -0.1) is 0 Å². The molecule has 180 valence electrons. The van der Waals surface area contributed by atoms with Crippen LogP contribution < -0.4 is 24.8 Å². The van der Waals surface area contributed by atoms with Crippen LogP contribution in [0.4, 0.5) is 11.4 Å². The number of ketones is 1. The second kappa shape index (κ2) is 9.38. The maximum atomic E-state index is 13.3. The molecule has 2 aliphatic rings. The molecule has 2 aromatic carbocycles. The van der Waals surface area contributed by atoms with E-state index in [0.29, 0.717) is 59.0 Å². The molecule has 4 rings (SSSR count). The molecule has 1 unspecified atom stereocenters. The van der Waals surface area contributed by atoms with Crippen molar-refractivity contribution in [3.63, 3.8) is 0 Å². The Kier molecular flexibility index (Phi) is 6.34. The largest absolute Gasteiger partial charge is 0.493 e. The highest BCUT2D eigenvalue weighted by Crippen LogP contribution is 2.49. The summed E-state index contributed by atoms with van der Waals surface area (Å²) in [5.74, 6) is 0.514. The van der Waals surface area contributed by atoms with Crippen molar-refractivity contribution in [2.24, 2.45) is 5.73 Å². The zero-order valence-corrected chi connectivity index (χ0v) is 19.5. The average molecular weight is 476 g/mol. The van der Waals surface area contributed by atoms with Crippen molar-refractivity contribution in [2.45, 2.75) is 25.2 Å². The number of nitro benzene ring substituents is 1. The van der Waals surface area contributed by atoms with Crippen LogP contribution in [0.25, 0.3) is 0 Å². The van der Waals surface area contributed by atoms with Gasteiger partial charge in [0.15, 0.2) is 17.3 Å². The summed E-state index contributed by atoms with van der Waals surface area (Å²) >= 11 is 0. The van der Waals surface area contributed by atoms with Crippen LogP contribution in [0.5, 0.6) is 17.2 Å². The summed E-state index contributed by atoms with van der Waals surface area (Å²) in [5, 5.41) is 21.3. The summed E-state index contributed by atoms with van der Waals surface area (Å²) in [4.78, 5) is 25.6. The SMILES string of the molecule is COc1cc(C2C(C#N)=C(N)N(c3ccc([N+](=O)[O-])cc3)C3=C2C(=O)CCC3)cc(OC)c1OC. The standard InChI is InChI=1S/C25H24N4O6/c1-33-20-11-14(12-21(34-2)24(20)35-3)22-17(13-26)25(27)28(18-5-4-6-19(30)23(18)22)15-7-9-16(10-8-15)29(31)32/h7-12,22H,4-6,27H2,1-3H3. The summed E-state index contributed by atoms with van der Waals surface area (Å²) < 4.78 is 16.4. The van der Waals surface area contributed by atoms with Crippen LogP contribution in [-0.4, -0.2) is 32.0 Å². The topological polar surface area (TPSA) is 141 Å². The molecule has 0 saturated carbocycles. The van der Waals surface area contributed by atoms with E-state index < -0.39 is 10.8 Å². The number of carbonyl (C=O) groups is 1. The predicted molar refractivity (Wildman–Crippen MR) is 127 cm³/mol. The van der Waals surface area contributed by atoms with E-state index in [2.05, 4.69) is 6.07 Å². The first-order valence-electron chi connectivity index (χ1n) is 10.9. The molecule has 0 aromatic heterocycles. The number of nitrogens with two attached hydrogens (primary N) is 1. The summed E-state index contributed by atoms with van der Waals surface area (Å²) in [7, 11) is 4.47. The van der Waals surface area contributed by atoms with E-state index in [-0.39, 0.29) is 22.9 Å². The molecular formula is C25H24N4O6. The number of carbonyl (C=O) groups excluding carboxylic acids is 1. The Morgan fingerprint density at radius 1 is 1.09 bits per heavy atom. The highest BCUT2D eigenvalue weighted by Gasteiger charge is 2.41. The second-order valence-corrected chi connectivity index (χ2v) is 8.05. The van der Waals surface area contributed by atoms with Crippen LogP contribution in [0.15, 0.2) is 59.1 Å². The van der Waals surface area contributed by atoms with Gasteiger partial charge in [0.1, 0.15) is 5.82 Å². The monoisotopic (exact) mass is 476 g/mol. The summed E-state index contributed by atoms with van der Waals surface area (Å²) in [6.07, 6.45) is 1.52. The smallest absolute Gasteiger partial charge is 0.269 e. The van der Waals surface area contributed by atoms with Crippen molar-refractivity contribution in [3.05, 3.63) is 74.7 Å². The number of nitrogens with zero attached hydrogens (tertiary/aromatic N) is 3. The van der Waals surface area contributed by atoms with Crippen LogP contribution in [0.3, 0.4) is 0 Å². The highest BCUT2D eigenvalue weighted by atomic mass is 16.6. The van der Waals surface area contributed by atoms with Crippen LogP contribution in [0, 0.1) is 21.4 Å². The molecule has 10 heteroatoms. The van der Waals surface area contributed by atoms with E-state index in [1.54, 1.807) is 29.2 Å². The highest BCUT2D eigenvalue weighted by molar-refractivity contribution is 6.01. The lowest BCUT2D eigenvalue weighted by Crippen LogP contribution is -2.38. The van der Waals surface area contributed by atoms with E-state index in [1.807, 2.05) is 0 Å². The molecule has 2 N–H and O–H groups in total. The molecule has 0 spiro atoms. The molecule has 35 heavy (non-hydrogen) atoms. The van der Waals surface area contributed by atoms with Crippen LogP contribution in [0.2, 0.25) is 0 Å². The number of hydrogen-bond donors (Lipinski definition) is 1. The number of allylic oxidation sites excluding steroid dienone is 3. The van der Waals surface area contributed by atoms with Gasteiger partial charge in [0.25, 0.3) is 5.69 Å². The molecule has 2 aromatic rings. The van der Waals surface area contributed by atoms with Gasteiger partial charge in [0.2, 0.25) is 5.75 Å². The van der Waals surface area contributed by atoms with Gasteiger partial charge in [-0.25, -0.2) is 0 Å². The number of Topliss-reactive ketones (excluding diaryl/α,β-unsaturated/α-hetero) is 1. The van der Waals surface area contributed by atoms with Crippen LogP contribution in [0.1, 0.15) is 30.7 Å². The molecule has 0 fully saturated rings.